The quantitative estimate of drug-likeness (QED) is 0.643. The van der Waals surface area contributed by atoms with Gasteiger partial charge in [-0.15, -0.1) is 0 Å². The van der Waals surface area contributed by atoms with Crippen LogP contribution in [0.5, 0.6) is 0 Å². The van der Waals surface area contributed by atoms with Crippen molar-refractivity contribution in [2.75, 3.05) is 11.9 Å². The van der Waals surface area contributed by atoms with Gasteiger partial charge in [-0.25, -0.2) is 17.6 Å². The number of benzene rings is 1. The van der Waals surface area contributed by atoms with Crippen LogP contribution in [0.4, 0.5) is 23.2 Å². The zero-order chi connectivity index (χ0) is 14.0. The Morgan fingerprint density at radius 1 is 1.16 bits per heavy atom. The van der Waals surface area contributed by atoms with Gasteiger partial charge in [0.2, 0.25) is 5.91 Å². The van der Waals surface area contributed by atoms with Crippen LogP contribution in [0, 0.1) is 23.3 Å². The Bertz CT molecular complexity index is 481. The van der Waals surface area contributed by atoms with Gasteiger partial charge in [0.1, 0.15) is 5.69 Å². The first-order chi connectivity index (χ1) is 8.99. The molecule has 104 valence electrons. The molecule has 2 rings (SSSR count). The van der Waals surface area contributed by atoms with Crippen LogP contribution in [0.3, 0.4) is 0 Å². The molecule has 0 aromatic heterocycles. The highest BCUT2D eigenvalue weighted by atomic mass is 19.2. The lowest BCUT2D eigenvalue weighted by Gasteiger charge is -2.18. The number of anilines is 1. The first-order valence-electron chi connectivity index (χ1n) is 5.85. The Morgan fingerprint density at radius 2 is 1.79 bits per heavy atom. The standard InChI is InChI=1S/C12H12F4N2O/c13-7-5-8(14)11(16)12(10(7)15)18-6-2-1-3-17-9(19)4-6/h5-6,18H,1-4H2,(H,17,19). The van der Waals surface area contributed by atoms with Crippen LogP contribution in [0.15, 0.2) is 6.07 Å². The van der Waals surface area contributed by atoms with E-state index in [-0.39, 0.29) is 18.4 Å². The zero-order valence-electron chi connectivity index (χ0n) is 9.90. The van der Waals surface area contributed by atoms with Gasteiger partial charge in [0.15, 0.2) is 23.3 Å². The van der Waals surface area contributed by atoms with E-state index in [4.69, 9.17) is 0 Å². The van der Waals surface area contributed by atoms with Crippen molar-refractivity contribution >= 4 is 11.6 Å². The van der Waals surface area contributed by atoms with E-state index in [1.165, 1.54) is 0 Å². The summed E-state index contributed by atoms with van der Waals surface area (Å²) in [5, 5.41) is 4.98. The maximum Gasteiger partial charge on any atom is 0.222 e. The van der Waals surface area contributed by atoms with E-state index in [0.717, 1.165) is 0 Å². The molecule has 1 fully saturated rings. The predicted molar refractivity (Wildman–Crippen MR) is 60.5 cm³/mol. The maximum atomic E-state index is 13.5. The molecular formula is C12H12F4N2O. The lowest BCUT2D eigenvalue weighted by Crippen LogP contribution is -2.27. The first kappa shape index (κ1) is 13.6. The molecule has 7 heteroatoms. The van der Waals surface area contributed by atoms with Crippen molar-refractivity contribution in [3.8, 4) is 0 Å². The molecule has 1 unspecified atom stereocenters. The van der Waals surface area contributed by atoms with E-state index in [0.29, 0.717) is 19.4 Å². The molecule has 0 saturated carbocycles. The van der Waals surface area contributed by atoms with Crippen LogP contribution < -0.4 is 10.6 Å². The number of carbonyl (C=O) groups excluding carboxylic acids is 1. The fourth-order valence-corrected chi connectivity index (χ4v) is 2.00. The minimum absolute atomic E-state index is 0.00296. The van der Waals surface area contributed by atoms with Gasteiger partial charge in [-0.3, -0.25) is 4.79 Å². The van der Waals surface area contributed by atoms with Crippen LogP contribution in [-0.2, 0) is 4.79 Å². The summed E-state index contributed by atoms with van der Waals surface area (Å²) in [5.41, 5.74) is -0.864. The number of hydrogen-bond acceptors (Lipinski definition) is 2. The molecule has 19 heavy (non-hydrogen) atoms. The highest BCUT2D eigenvalue weighted by Crippen LogP contribution is 2.26. The second-order valence-electron chi connectivity index (χ2n) is 4.38. The molecule has 0 spiro atoms. The van der Waals surface area contributed by atoms with Gasteiger partial charge in [-0.05, 0) is 12.8 Å². The Balaban J connectivity index is 2.25. The summed E-state index contributed by atoms with van der Waals surface area (Å²) in [6.07, 6.45) is 1.08. The van der Waals surface area contributed by atoms with Crippen LogP contribution in [-0.4, -0.2) is 18.5 Å². The van der Waals surface area contributed by atoms with Crippen LogP contribution >= 0.6 is 0 Å². The van der Waals surface area contributed by atoms with Crippen molar-refractivity contribution in [3.05, 3.63) is 29.3 Å². The molecular weight excluding hydrogens is 264 g/mol. The normalized spacial score (nSPS) is 19.8. The highest BCUT2D eigenvalue weighted by molar-refractivity contribution is 5.77. The van der Waals surface area contributed by atoms with Crippen LogP contribution in [0.25, 0.3) is 0 Å². The molecule has 0 aliphatic carbocycles. The van der Waals surface area contributed by atoms with E-state index in [1.807, 2.05) is 0 Å². The van der Waals surface area contributed by atoms with Gasteiger partial charge in [-0.2, -0.15) is 0 Å². The third kappa shape index (κ3) is 2.97. The molecule has 1 atom stereocenters. The number of rotatable bonds is 2. The van der Waals surface area contributed by atoms with E-state index >= 15 is 0 Å². The number of nitrogens with one attached hydrogen (secondary N) is 2. The molecule has 1 aliphatic heterocycles. The lowest BCUT2D eigenvalue weighted by atomic mass is 10.1. The fourth-order valence-electron chi connectivity index (χ4n) is 2.00. The van der Waals surface area contributed by atoms with Crippen LogP contribution in [0.1, 0.15) is 19.3 Å². The van der Waals surface area contributed by atoms with Crippen molar-refractivity contribution < 1.29 is 22.4 Å². The second-order valence-corrected chi connectivity index (χ2v) is 4.38. The molecule has 1 aromatic carbocycles. The second kappa shape index (κ2) is 5.46. The minimum Gasteiger partial charge on any atom is -0.377 e. The summed E-state index contributed by atoms with van der Waals surface area (Å²) in [4.78, 5) is 11.3. The summed E-state index contributed by atoms with van der Waals surface area (Å²) in [6.45, 7) is 0.472. The summed E-state index contributed by atoms with van der Waals surface area (Å²) >= 11 is 0. The molecule has 1 aromatic rings. The number of hydrogen-bond donors (Lipinski definition) is 2. The Labute approximate surface area is 107 Å². The van der Waals surface area contributed by atoms with E-state index in [1.54, 1.807) is 0 Å². The molecule has 2 N–H and O–H groups in total. The average molecular weight is 276 g/mol. The molecule has 3 nitrogen and oxygen atoms in total. The van der Waals surface area contributed by atoms with E-state index < -0.39 is 35.0 Å². The van der Waals surface area contributed by atoms with Gasteiger partial charge in [-0.1, -0.05) is 0 Å². The minimum atomic E-state index is -1.48. The molecule has 1 saturated heterocycles. The predicted octanol–water partition coefficient (Wildman–Crippen LogP) is 2.32. The van der Waals surface area contributed by atoms with Gasteiger partial charge >= 0.3 is 0 Å². The molecule has 1 aliphatic rings. The van der Waals surface area contributed by atoms with E-state index in [9.17, 15) is 22.4 Å². The van der Waals surface area contributed by atoms with Gasteiger partial charge in [0, 0.05) is 25.1 Å². The van der Waals surface area contributed by atoms with Crippen molar-refractivity contribution in [2.24, 2.45) is 0 Å². The third-order valence-corrected chi connectivity index (χ3v) is 2.94. The summed E-state index contributed by atoms with van der Waals surface area (Å²) in [6, 6.07) is -0.414. The Morgan fingerprint density at radius 3 is 2.42 bits per heavy atom. The highest BCUT2D eigenvalue weighted by Gasteiger charge is 2.23. The van der Waals surface area contributed by atoms with E-state index in [2.05, 4.69) is 10.6 Å². The molecule has 0 bridgehead atoms. The average Bonchev–Trinajstić information content (AvgIpc) is 2.56. The van der Waals surface area contributed by atoms with Gasteiger partial charge in [0.25, 0.3) is 0 Å². The van der Waals surface area contributed by atoms with Crippen molar-refractivity contribution in [1.82, 2.24) is 5.32 Å². The smallest absolute Gasteiger partial charge is 0.222 e. The van der Waals surface area contributed by atoms with Crippen molar-refractivity contribution in [3.63, 3.8) is 0 Å². The largest absolute Gasteiger partial charge is 0.377 e. The van der Waals surface area contributed by atoms with Crippen molar-refractivity contribution in [1.29, 1.82) is 0 Å². The topological polar surface area (TPSA) is 41.1 Å². The third-order valence-electron chi connectivity index (χ3n) is 2.94. The number of carbonyl (C=O) groups is 1. The molecule has 1 heterocycles. The number of halogens is 4. The molecule has 1 amide bonds. The first-order valence-corrected chi connectivity index (χ1v) is 5.85. The summed E-state index contributed by atoms with van der Waals surface area (Å²) in [7, 11) is 0. The monoisotopic (exact) mass is 276 g/mol. The van der Waals surface area contributed by atoms with Gasteiger partial charge in [0.05, 0.1) is 0 Å². The van der Waals surface area contributed by atoms with Gasteiger partial charge < -0.3 is 10.6 Å². The van der Waals surface area contributed by atoms with Crippen LogP contribution in [0.2, 0.25) is 0 Å². The zero-order valence-corrected chi connectivity index (χ0v) is 9.90. The Hall–Kier alpha value is -1.79. The number of amides is 1. The summed E-state index contributed by atoms with van der Waals surface area (Å²) < 4.78 is 53.0. The lowest BCUT2D eigenvalue weighted by molar-refractivity contribution is -0.120. The SMILES string of the molecule is O=C1CC(Nc2c(F)c(F)cc(F)c2F)CCCN1. The molecule has 0 radical (unpaired) electrons. The fraction of sp³-hybridized carbons (Fsp3) is 0.417. The summed E-state index contributed by atoms with van der Waals surface area (Å²) in [5.74, 6) is -6.18. The Kier molecular flexibility index (Phi) is 3.92. The maximum absolute atomic E-state index is 13.5. The van der Waals surface area contributed by atoms with Crippen molar-refractivity contribution in [2.45, 2.75) is 25.3 Å².